The molecule has 0 aliphatic carbocycles. The van der Waals surface area contributed by atoms with Gasteiger partial charge in [-0.2, -0.15) is 11.8 Å². The summed E-state index contributed by atoms with van der Waals surface area (Å²) in [4.78, 5) is 0. The molecule has 1 atom stereocenters. The summed E-state index contributed by atoms with van der Waals surface area (Å²) in [5.74, 6) is 1.24. The Morgan fingerprint density at radius 2 is 2.40 bits per heavy atom. The van der Waals surface area contributed by atoms with E-state index in [1.807, 2.05) is 11.8 Å². The summed E-state index contributed by atoms with van der Waals surface area (Å²) >= 11 is 1.94. The number of thioether (sulfide) groups is 1. The predicted molar refractivity (Wildman–Crippen MR) is 46.3 cm³/mol. The van der Waals surface area contributed by atoms with Crippen LogP contribution < -0.4 is 0 Å². The summed E-state index contributed by atoms with van der Waals surface area (Å²) in [6, 6.07) is 0. The maximum Gasteiger partial charge on any atom is 0.0649 e. The minimum absolute atomic E-state index is 0.164. The van der Waals surface area contributed by atoms with Crippen molar-refractivity contribution in [2.75, 3.05) is 12.4 Å². The molecule has 2 heteroatoms. The molecule has 0 aromatic carbocycles. The first kappa shape index (κ1) is 8.15. The molecule has 1 saturated heterocycles. The van der Waals surface area contributed by atoms with Crippen LogP contribution in [0.25, 0.3) is 0 Å². The first-order valence-corrected chi connectivity index (χ1v) is 4.79. The molecule has 0 saturated carbocycles. The Kier molecular flexibility index (Phi) is 3.29. The fourth-order valence-corrected chi connectivity index (χ4v) is 2.46. The number of hydrogen-bond donors (Lipinski definition) is 1. The third kappa shape index (κ3) is 2.03. The van der Waals surface area contributed by atoms with Crippen molar-refractivity contribution in [2.45, 2.75) is 24.5 Å². The zero-order valence-corrected chi connectivity index (χ0v) is 6.99. The molecule has 0 spiro atoms. The number of hydrogen-bond acceptors (Lipinski definition) is 2. The van der Waals surface area contributed by atoms with Crippen LogP contribution in [0.15, 0.2) is 12.2 Å². The van der Waals surface area contributed by atoms with Crippen LogP contribution in [0.4, 0.5) is 0 Å². The van der Waals surface area contributed by atoms with Crippen LogP contribution in [0.5, 0.6) is 0 Å². The molecule has 1 rings (SSSR count). The van der Waals surface area contributed by atoms with Crippen molar-refractivity contribution in [2.24, 2.45) is 0 Å². The molecule has 0 bridgehead atoms. The van der Waals surface area contributed by atoms with E-state index in [4.69, 9.17) is 5.11 Å². The van der Waals surface area contributed by atoms with E-state index in [1.54, 1.807) is 0 Å². The van der Waals surface area contributed by atoms with Crippen LogP contribution in [0.2, 0.25) is 0 Å². The second kappa shape index (κ2) is 4.04. The van der Waals surface area contributed by atoms with Crippen molar-refractivity contribution in [1.29, 1.82) is 0 Å². The highest BCUT2D eigenvalue weighted by molar-refractivity contribution is 8.00. The van der Waals surface area contributed by atoms with Gasteiger partial charge in [0.15, 0.2) is 0 Å². The van der Waals surface area contributed by atoms with Gasteiger partial charge in [0.1, 0.15) is 0 Å². The number of rotatable bonds is 2. The van der Waals surface area contributed by atoms with Gasteiger partial charge in [-0.3, -0.25) is 0 Å². The lowest BCUT2D eigenvalue weighted by Crippen LogP contribution is -2.13. The summed E-state index contributed by atoms with van der Waals surface area (Å²) in [7, 11) is 0. The van der Waals surface area contributed by atoms with E-state index in [-0.39, 0.29) is 6.61 Å². The van der Waals surface area contributed by atoms with Gasteiger partial charge in [0.05, 0.1) is 6.61 Å². The minimum atomic E-state index is 0.164. The Morgan fingerprint density at radius 1 is 1.60 bits per heavy atom. The van der Waals surface area contributed by atoms with Crippen LogP contribution >= 0.6 is 11.8 Å². The largest absolute Gasteiger partial charge is 0.392 e. The molecule has 1 nitrogen and oxygen atoms in total. The summed E-state index contributed by atoms with van der Waals surface area (Å²) in [5, 5.41) is 9.31. The van der Waals surface area contributed by atoms with Crippen molar-refractivity contribution in [1.82, 2.24) is 0 Å². The molecule has 1 aliphatic heterocycles. The zero-order chi connectivity index (χ0) is 7.40. The highest BCUT2D eigenvalue weighted by Gasteiger charge is 2.15. The second-order valence-electron chi connectivity index (χ2n) is 2.67. The highest BCUT2D eigenvalue weighted by atomic mass is 32.2. The van der Waals surface area contributed by atoms with E-state index >= 15 is 0 Å². The molecule has 0 aromatic rings. The lowest BCUT2D eigenvalue weighted by atomic mass is 10.1. The highest BCUT2D eigenvalue weighted by Crippen LogP contribution is 2.29. The van der Waals surface area contributed by atoms with Crippen LogP contribution in [0, 0.1) is 0 Å². The van der Waals surface area contributed by atoms with E-state index in [0.29, 0.717) is 5.25 Å². The van der Waals surface area contributed by atoms with E-state index in [9.17, 15) is 0 Å². The van der Waals surface area contributed by atoms with Crippen LogP contribution in [-0.2, 0) is 0 Å². The monoisotopic (exact) mass is 158 g/mol. The van der Waals surface area contributed by atoms with Crippen molar-refractivity contribution in [3.8, 4) is 0 Å². The standard InChI is InChI=1S/C8H14OS/c1-7(6-9)8-4-2-3-5-10-8/h8-9H,1-6H2. The molecule has 58 valence electrons. The van der Waals surface area contributed by atoms with E-state index < -0.39 is 0 Å². The van der Waals surface area contributed by atoms with Crippen molar-refractivity contribution in [3.05, 3.63) is 12.2 Å². The smallest absolute Gasteiger partial charge is 0.0649 e. The predicted octanol–water partition coefficient (Wildman–Crippen LogP) is 1.82. The summed E-state index contributed by atoms with van der Waals surface area (Å²) in [5.41, 5.74) is 1.00. The van der Waals surface area contributed by atoms with Crippen molar-refractivity contribution >= 4 is 11.8 Å². The third-order valence-corrected chi connectivity index (χ3v) is 3.33. The van der Waals surface area contributed by atoms with Gasteiger partial charge >= 0.3 is 0 Å². The Labute approximate surface area is 66.5 Å². The Bertz CT molecular complexity index is 116. The van der Waals surface area contributed by atoms with E-state index in [2.05, 4.69) is 6.58 Å². The Balaban J connectivity index is 2.31. The fraction of sp³-hybridized carbons (Fsp3) is 0.750. The SMILES string of the molecule is C=C(CO)C1CCCCS1. The molecular formula is C8H14OS. The van der Waals surface area contributed by atoms with Gasteiger partial charge in [-0.25, -0.2) is 0 Å². The minimum Gasteiger partial charge on any atom is -0.392 e. The van der Waals surface area contributed by atoms with E-state index in [1.165, 1.54) is 25.0 Å². The number of aliphatic hydroxyl groups excluding tert-OH is 1. The van der Waals surface area contributed by atoms with Gasteiger partial charge in [0, 0.05) is 5.25 Å². The maximum atomic E-state index is 8.77. The van der Waals surface area contributed by atoms with Gasteiger partial charge in [0.2, 0.25) is 0 Å². The molecule has 0 aromatic heterocycles. The van der Waals surface area contributed by atoms with Gasteiger partial charge in [-0.15, -0.1) is 0 Å². The molecule has 1 aliphatic rings. The first-order chi connectivity index (χ1) is 4.84. The van der Waals surface area contributed by atoms with Gasteiger partial charge in [-0.05, 0) is 24.2 Å². The molecule has 1 fully saturated rings. The summed E-state index contributed by atoms with van der Waals surface area (Å²) < 4.78 is 0. The average Bonchev–Trinajstić information content (AvgIpc) is 2.05. The van der Waals surface area contributed by atoms with Gasteiger partial charge < -0.3 is 5.11 Å². The zero-order valence-electron chi connectivity index (χ0n) is 6.18. The normalized spacial score (nSPS) is 26.3. The maximum absolute atomic E-state index is 8.77. The molecule has 0 amide bonds. The summed E-state index contributed by atoms with van der Waals surface area (Å²) in [6.45, 7) is 3.99. The lowest BCUT2D eigenvalue weighted by molar-refractivity contribution is 0.327. The lowest BCUT2D eigenvalue weighted by Gasteiger charge is -2.21. The Hall–Kier alpha value is 0.0500. The molecule has 1 N–H and O–H groups in total. The van der Waals surface area contributed by atoms with E-state index in [0.717, 1.165) is 5.57 Å². The fourth-order valence-electron chi connectivity index (χ4n) is 1.16. The van der Waals surface area contributed by atoms with Crippen LogP contribution in [0.3, 0.4) is 0 Å². The van der Waals surface area contributed by atoms with Crippen LogP contribution in [-0.4, -0.2) is 22.7 Å². The van der Waals surface area contributed by atoms with Crippen molar-refractivity contribution < 1.29 is 5.11 Å². The molecule has 1 unspecified atom stereocenters. The quantitative estimate of drug-likeness (QED) is 0.619. The molecular weight excluding hydrogens is 144 g/mol. The molecule has 0 radical (unpaired) electrons. The van der Waals surface area contributed by atoms with Gasteiger partial charge in [-0.1, -0.05) is 13.0 Å². The topological polar surface area (TPSA) is 20.2 Å². The number of aliphatic hydroxyl groups is 1. The van der Waals surface area contributed by atoms with Crippen LogP contribution in [0.1, 0.15) is 19.3 Å². The Morgan fingerprint density at radius 3 is 2.90 bits per heavy atom. The summed E-state index contributed by atoms with van der Waals surface area (Å²) in [6.07, 6.45) is 3.85. The molecule has 10 heavy (non-hydrogen) atoms. The van der Waals surface area contributed by atoms with Crippen molar-refractivity contribution in [3.63, 3.8) is 0 Å². The molecule has 1 heterocycles. The average molecular weight is 158 g/mol. The van der Waals surface area contributed by atoms with Gasteiger partial charge in [0.25, 0.3) is 0 Å². The third-order valence-electron chi connectivity index (χ3n) is 1.84. The first-order valence-electron chi connectivity index (χ1n) is 3.74. The second-order valence-corrected chi connectivity index (χ2v) is 3.98.